The third-order valence-corrected chi connectivity index (χ3v) is 15.1. The Hall–Kier alpha value is -2.11. The van der Waals surface area contributed by atoms with Crippen LogP contribution in [0.5, 0.6) is 0 Å². The molecule has 0 radical (unpaired) electrons. The zero-order chi connectivity index (χ0) is 30.7. The van der Waals surface area contributed by atoms with Crippen molar-refractivity contribution in [1.29, 1.82) is 0 Å². The summed E-state index contributed by atoms with van der Waals surface area (Å²) in [6, 6.07) is 10.7. The van der Waals surface area contributed by atoms with Crippen molar-refractivity contribution < 1.29 is 27.2 Å². The smallest absolute Gasteiger partial charge is 0.289 e. The lowest BCUT2D eigenvalue weighted by atomic mass is 10.2. The summed E-state index contributed by atoms with van der Waals surface area (Å²) in [6.45, 7) is 12.2. The van der Waals surface area contributed by atoms with Gasteiger partial charge < -0.3 is 13.9 Å². The van der Waals surface area contributed by atoms with E-state index in [9.17, 15) is 18.5 Å². The van der Waals surface area contributed by atoms with Crippen molar-refractivity contribution in [2.45, 2.75) is 69.3 Å². The molecule has 230 valence electrons. The molecular formula is C28H39IN4O7SSi. The van der Waals surface area contributed by atoms with E-state index in [1.807, 2.05) is 10.7 Å². The number of anilines is 1. The molecule has 0 N–H and O–H groups in total. The van der Waals surface area contributed by atoms with Crippen LogP contribution in [0.15, 0.2) is 47.4 Å². The van der Waals surface area contributed by atoms with Crippen LogP contribution in [-0.4, -0.2) is 64.4 Å². The predicted octanol–water partition coefficient (Wildman–Crippen LogP) is 6.48. The fourth-order valence-electron chi connectivity index (χ4n) is 4.54. The van der Waals surface area contributed by atoms with Crippen molar-refractivity contribution >= 4 is 63.2 Å². The minimum Gasteiger partial charge on any atom is -0.414 e. The van der Waals surface area contributed by atoms with Crippen LogP contribution in [0, 0.1) is 13.8 Å². The standard InChI is InChI=1S/C28H39IN4O7SSi/c1-28(2,3)42(4,5)40-19-18-38-17-15-31(41(36,37)25-11-7-6-10-24(25)33(34)35)21-13-14-23-22(20-21)27(29)30-32(23)26-12-8-9-16-39-26/h6-7,10-11,13-14,20,26H,8-9,12,15-19H2,1-5H3. The Bertz CT molecular complexity index is 1520. The average molecular weight is 731 g/mol. The molecule has 0 spiro atoms. The number of fused-ring (bicyclic) bond motifs is 1. The quantitative estimate of drug-likeness (QED) is 0.0682. The third kappa shape index (κ3) is 7.15. The summed E-state index contributed by atoms with van der Waals surface area (Å²) in [7, 11) is -6.27. The SMILES string of the molecule is CC(C)(C)[Si](C)(C)OCCOCCN(c1ccc2c(c1)c(I)nn2C1CCCCO1)S(=O)(=O)c1ccccc1[N+](=O)[O-]. The van der Waals surface area contributed by atoms with E-state index < -0.39 is 29.0 Å². The molecule has 1 saturated heterocycles. The lowest BCUT2D eigenvalue weighted by molar-refractivity contribution is -0.387. The molecule has 1 fully saturated rings. The van der Waals surface area contributed by atoms with Gasteiger partial charge in [0.05, 0.1) is 42.5 Å². The van der Waals surface area contributed by atoms with Crippen LogP contribution in [0.3, 0.4) is 0 Å². The van der Waals surface area contributed by atoms with Crippen LogP contribution in [0.25, 0.3) is 10.9 Å². The Kier molecular flexibility index (Phi) is 10.4. The van der Waals surface area contributed by atoms with Gasteiger partial charge in [0, 0.05) is 18.1 Å². The first kappa shape index (κ1) is 32.8. The van der Waals surface area contributed by atoms with Gasteiger partial charge >= 0.3 is 0 Å². The molecule has 1 atom stereocenters. The van der Waals surface area contributed by atoms with Gasteiger partial charge in [-0.15, -0.1) is 0 Å². The Morgan fingerprint density at radius 2 is 1.90 bits per heavy atom. The molecule has 2 heterocycles. The van der Waals surface area contributed by atoms with Crippen LogP contribution in [-0.2, 0) is 23.9 Å². The molecule has 1 aliphatic heterocycles. The summed E-state index contributed by atoms with van der Waals surface area (Å²) in [5, 5.41) is 17.3. The molecular weight excluding hydrogens is 691 g/mol. The highest BCUT2D eigenvalue weighted by atomic mass is 127. The van der Waals surface area contributed by atoms with Crippen molar-refractivity contribution in [3.05, 3.63) is 56.3 Å². The predicted molar refractivity (Wildman–Crippen MR) is 173 cm³/mol. The van der Waals surface area contributed by atoms with E-state index in [1.54, 1.807) is 12.1 Å². The average Bonchev–Trinajstić information content (AvgIpc) is 3.27. The molecule has 0 saturated carbocycles. The van der Waals surface area contributed by atoms with Crippen molar-refractivity contribution in [2.24, 2.45) is 0 Å². The fraction of sp³-hybridized carbons (Fsp3) is 0.536. The van der Waals surface area contributed by atoms with E-state index in [2.05, 4.69) is 56.5 Å². The zero-order valence-electron chi connectivity index (χ0n) is 24.7. The zero-order valence-corrected chi connectivity index (χ0v) is 28.7. The maximum Gasteiger partial charge on any atom is 0.289 e. The Morgan fingerprint density at radius 3 is 2.57 bits per heavy atom. The molecule has 3 aromatic rings. The first-order chi connectivity index (χ1) is 19.7. The van der Waals surface area contributed by atoms with Gasteiger partial charge in [-0.3, -0.25) is 14.4 Å². The number of benzene rings is 2. The number of nitrogens with zero attached hydrogens (tertiary/aromatic N) is 4. The molecule has 4 rings (SSSR count). The monoisotopic (exact) mass is 730 g/mol. The first-order valence-electron chi connectivity index (χ1n) is 14.0. The second-order valence-electron chi connectivity index (χ2n) is 11.8. The number of hydrogen-bond donors (Lipinski definition) is 0. The number of halogens is 1. The van der Waals surface area contributed by atoms with Crippen LogP contribution in [0.2, 0.25) is 18.1 Å². The number of rotatable bonds is 12. The van der Waals surface area contributed by atoms with E-state index in [1.165, 1.54) is 28.6 Å². The summed E-state index contributed by atoms with van der Waals surface area (Å²) in [5.41, 5.74) is 0.713. The van der Waals surface area contributed by atoms with Crippen LogP contribution >= 0.6 is 22.6 Å². The van der Waals surface area contributed by atoms with Crippen LogP contribution in [0.1, 0.15) is 46.3 Å². The summed E-state index contributed by atoms with van der Waals surface area (Å²) in [4.78, 5) is 10.7. The van der Waals surface area contributed by atoms with Gasteiger partial charge in [-0.05, 0) is 84.3 Å². The lowest BCUT2D eigenvalue weighted by Gasteiger charge is -2.36. The summed E-state index contributed by atoms with van der Waals surface area (Å²) in [6.07, 6.45) is 2.73. The number of sulfonamides is 1. The maximum atomic E-state index is 14.0. The molecule has 2 aromatic carbocycles. The van der Waals surface area contributed by atoms with Gasteiger partial charge in [-0.2, -0.15) is 5.10 Å². The molecule has 1 aliphatic rings. The minimum atomic E-state index is -4.33. The van der Waals surface area contributed by atoms with E-state index in [0.29, 0.717) is 29.2 Å². The van der Waals surface area contributed by atoms with E-state index >= 15 is 0 Å². The summed E-state index contributed by atoms with van der Waals surface area (Å²) >= 11 is 2.14. The van der Waals surface area contributed by atoms with Crippen LogP contribution < -0.4 is 4.31 Å². The van der Waals surface area contributed by atoms with Gasteiger partial charge in [0.15, 0.2) is 19.4 Å². The molecule has 0 aliphatic carbocycles. The number of ether oxygens (including phenoxy) is 2. The second-order valence-corrected chi connectivity index (χ2v) is 19.4. The molecule has 42 heavy (non-hydrogen) atoms. The molecule has 11 nitrogen and oxygen atoms in total. The highest BCUT2D eigenvalue weighted by Crippen LogP contribution is 2.37. The van der Waals surface area contributed by atoms with Gasteiger partial charge in [0.1, 0.15) is 3.70 Å². The van der Waals surface area contributed by atoms with E-state index in [0.717, 1.165) is 30.2 Å². The normalized spacial score (nSPS) is 16.6. The summed E-state index contributed by atoms with van der Waals surface area (Å²) in [5.74, 6) is 0. The highest BCUT2D eigenvalue weighted by molar-refractivity contribution is 14.1. The third-order valence-electron chi connectivity index (χ3n) is 7.93. The largest absolute Gasteiger partial charge is 0.414 e. The van der Waals surface area contributed by atoms with Crippen LogP contribution in [0.4, 0.5) is 11.4 Å². The topological polar surface area (TPSA) is 126 Å². The fourth-order valence-corrected chi connectivity index (χ4v) is 7.83. The number of aromatic nitrogens is 2. The molecule has 0 amide bonds. The highest BCUT2D eigenvalue weighted by Gasteiger charge is 2.37. The van der Waals surface area contributed by atoms with Crippen molar-refractivity contribution in [3.63, 3.8) is 0 Å². The van der Waals surface area contributed by atoms with Crippen molar-refractivity contribution in [2.75, 3.05) is 37.3 Å². The van der Waals surface area contributed by atoms with E-state index in [4.69, 9.17) is 19.0 Å². The molecule has 1 unspecified atom stereocenters. The number of hydrogen-bond acceptors (Lipinski definition) is 8. The molecule has 14 heteroatoms. The first-order valence-corrected chi connectivity index (χ1v) is 19.4. The molecule has 0 bridgehead atoms. The van der Waals surface area contributed by atoms with Crippen molar-refractivity contribution in [1.82, 2.24) is 9.78 Å². The van der Waals surface area contributed by atoms with Gasteiger partial charge in [-0.25, -0.2) is 13.1 Å². The van der Waals surface area contributed by atoms with Gasteiger partial charge in [0.25, 0.3) is 15.7 Å². The lowest BCUT2D eigenvalue weighted by Crippen LogP contribution is -2.41. The Balaban J connectivity index is 1.62. The van der Waals surface area contributed by atoms with Gasteiger partial charge in [0.2, 0.25) is 0 Å². The molecule has 1 aromatic heterocycles. The summed E-state index contributed by atoms with van der Waals surface area (Å²) < 4.78 is 49.7. The second kappa shape index (κ2) is 13.3. The minimum absolute atomic E-state index is 0.0452. The van der Waals surface area contributed by atoms with Gasteiger partial charge in [-0.1, -0.05) is 32.9 Å². The number of para-hydroxylation sites is 1. The van der Waals surface area contributed by atoms with E-state index in [-0.39, 0.29) is 29.3 Å². The number of nitro benzene ring substituents is 1. The maximum absolute atomic E-state index is 14.0. The Morgan fingerprint density at radius 1 is 1.17 bits per heavy atom. The Labute approximate surface area is 262 Å². The van der Waals surface area contributed by atoms with Crippen molar-refractivity contribution in [3.8, 4) is 0 Å². The number of nitro groups is 1.